The van der Waals surface area contributed by atoms with Crippen LogP contribution in [0.3, 0.4) is 0 Å². The number of carboxylic acid groups (broad SMARTS) is 1. The van der Waals surface area contributed by atoms with Crippen LogP contribution in [-0.4, -0.2) is 58.5 Å². The van der Waals surface area contributed by atoms with Crippen molar-refractivity contribution in [3.63, 3.8) is 0 Å². The largest absolute Gasteiger partial charge is 0.491 e. The number of benzene rings is 3. The maximum atomic E-state index is 15.0. The molecule has 0 saturated carbocycles. The zero-order valence-corrected chi connectivity index (χ0v) is 28.3. The fraction of sp³-hybridized carbons (Fsp3) is 0.395. The smallest absolute Gasteiger partial charge is 0.429 e. The van der Waals surface area contributed by atoms with E-state index in [1.807, 2.05) is 56.0 Å². The van der Waals surface area contributed by atoms with Gasteiger partial charge in [0.05, 0.1) is 6.10 Å². The van der Waals surface area contributed by atoms with Gasteiger partial charge in [-0.1, -0.05) is 61.5 Å². The van der Waals surface area contributed by atoms with E-state index in [0.717, 1.165) is 17.5 Å². The summed E-state index contributed by atoms with van der Waals surface area (Å²) < 4.78 is 56.4. The van der Waals surface area contributed by atoms with Crippen molar-refractivity contribution in [2.24, 2.45) is 5.41 Å². The van der Waals surface area contributed by atoms with Gasteiger partial charge < -0.3 is 30.5 Å². The number of ether oxygens (including phenoxy) is 2. The fourth-order valence-corrected chi connectivity index (χ4v) is 7.38. The van der Waals surface area contributed by atoms with E-state index >= 15 is 0 Å². The van der Waals surface area contributed by atoms with E-state index in [-0.39, 0.29) is 35.0 Å². The van der Waals surface area contributed by atoms with Crippen molar-refractivity contribution < 1.29 is 32.5 Å². The first kappa shape index (κ1) is 35.0. The second-order valence-corrected chi connectivity index (χ2v) is 13.4. The van der Waals surface area contributed by atoms with E-state index in [1.54, 1.807) is 36.4 Å². The molecule has 264 valence electrons. The molecule has 0 radical (unpaired) electrons. The molecular formula is C38H42F3N5O4. The molecule has 1 spiro atoms. The number of alkyl halides is 3. The summed E-state index contributed by atoms with van der Waals surface area (Å²) in [5.41, 5.74) is 8.32. The Kier molecular flexibility index (Phi) is 9.93. The molecule has 1 aromatic heterocycles. The van der Waals surface area contributed by atoms with Crippen molar-refractivity contribution in [1.29, 1.82) is 0 Å². The highest BCUT2D eigenvalue weighted by atomic mass is 19.4. The average Bonchev–Trinajstić information content (AvgIpc) is 3.45. The first-order valence-electron chi connectivity index (χ1n) is 16.9. The van der Waals surface area contributed by atoms with Crippen molar-refractivity contribution >= 4 is 17.7 Å². The molecule has 4 N–H and O–H groups in total. The van der Waals surface area contributed by atoms with Gasteiger partial charge in [-0.2, -0.15) is 23.1 Å². The molecule has 3 atom stereocenters. The molecule has 3 heterocycles. The molecule has 4 aromatic rings. The van der Waals surface area contributed by atoms with Gasteiger partial charge in [0.15, 0.2) is 0 Å². The molecule has 0 aliphatic carbocycles. The van der Waals surface area contributed by atoms with Crippen molar-refractivity contribution in [1.82, 2.24) is 15.3 Å². The Morgan fingerprint density at radius 3 is 2.28 bits per heavy atom. The average molecular weight is 690 g/mol. The number of nitrogens with two attached hydrogens (primary N) is 1. The number of hydrogen-bond donors (Lipinski definition) is 3. The Hall–Kier alpha value is -4.84. The highest BCUT2D eigenvalue weighted by Crippen LogP contribution is 2.46. The van der Waals surface area contributed by atoms with Crippen molar-refractivity contribution in [3.05, 3.63) is 84.4 Å². The molecule has 0 amide bonds. The van der Waals surface area contributed by atoms with Crippen LogP contribution in [0.4, 0.5) is 24.9 Å². The van der Waals surface area contributed by atoms with E-state index in [0.29, 0.717) is 55.0 Å². The topological polar surface area (TPSA) is 123 Å². The number of aliphatic carboxylic acids is 1. The molecule has 2 aliphatic heterocycles. The lowest BCUT2D eigenvalue weighted by atomic mass is 9.71. The molecule has 2 unspecified atom stereocenters. The second-order valence-electron chi connectivity index (χ2n) is 13.4. The molecule has 3 aromatic carbocycles. The number of nitrogens with zero attached hydrogens (tertiary/aromatic N) is 3. The molecule has 2 aliphatic rings. The molecule has 6 rings (SSSR count). The molecule has 12 heteroatoms. The number of carbonyl (C=O) groups is 1. The summed E-state index contributed by atoms with van der Waals surface area (Å²) in [5.74, 6) is -0.292. The van der Waals surface area contributed by atoms with Crippen molar-refractivity contribution in [3.8, 4) is 33.9 Å². The Balaban J connectivity index is 1.29. The fourth-order valence-electron chi connectivity index (χ4n) is 7.38. The quantitative estimate of drug-likeness (QED) is 0.154. The summed E-state index contributed by atoms with van der Waals surface area (Å²) in [6.07, 6.45) is -4.42. The van der Waals surface area contributed by atoms with Gasteiger partial charge in [0.25, 0.3) is 0 Å². The van der Waals surface area contributed by atoms with Gasteiger partial charge in [-0.25, -0.2) is 0 Å². The van der Waals surface area contributed by atoms with Gasteiger partial charge in [-0.3, -0.25) is 4.79 Å². The number of carboxylic acids is 1. The molecule has 2 saturated heterocycles. The van der Waals surface area contributed by atoms with Gasteiger partial charge in [0.1, 0.15) is 17.6 Å². The van der Waals surface area contributed by atoms with E-state index in [4.69, 9.17) is 15.2 Å². The van der Waals surface area contributed by atoms with Gasteiger partial charge >= 0.3 is 12.1 Å². The second kappa shape index (κ2) is 14.2. The summed E-state index contributed by atoms with van der Waals surface area (Å²) in [4.78, 5) is 22.1. The Labute approximate surface area is 289 Å². The van der Waals surface area contributed by atoms with E-state index in [9.17, 15) is 23.1 Å². The number of piperidine rings is 1. The standard InChI is InChI=1S/C38H42F3N5O4/c1-4-31-37(22-30(43-31)35(47)48)16-18-46(19-17-37)32-21-33(45-36(42)44-32)50-34(38(39,40)41)28-15-12-26(20-29(28)25-8-6-5-7-9-25)24-10-13-27(14-11-24)49-23(2)3/h5-15,20-21,23,30-31,34,43H,4,16-19,22H2,1-3H3,(H,47,48)(H2,42,44,45)/t30?,31?,34-/m1/s1. The minimum absolute atomic E-state index is 0.00833. The third kappa shape index (κ3) is 7.50. The molecule has 9 nitrogen and oxygen atoms in total. The first-order valence-corrected chi connectivity index (χ1v) is 16.9. The van der Waals surface area contributed by atoms with Crippen LogP contribution in [0.2, 0.25) is 0 Å². The van der Waals surface area contributed by atoms with Crippen molar-refractivity contribution in [2.75, 3.05) is 23.7 Å². The van der Waals surface area contributed by atoms with Gasteiger partial charge in [0, 0.05) is 30.8 Å². The van der Waals surface area contributed by atoms with Crippen LogP contribution < -0.4 is 25.4 Å². The van der Waals surface area contributed by atoms with Crippen LogP contribution in [0.5, 0.6) is 11.6 Å². The number of aromatic nitrogens is 2. The molecular weight excluding hydrogens is 647 g/mol. The number of anilines is 2. The number of nitrogens with one attached hydrogen (secondary N) is 1. The molecule has 2 fully saturated rings. The predicted octanol–water partition coefficient (Wildman–Crippen LogP) is 7.67. The number of halogens is 3. The van der Waals surface area contributed by atoms with Gasteiger partial charge in [0.2, 0.25) is 17.9 Å². The number of hydrogen-bond acceptors (Lipinski definition) is 8. The SMILES string of the molecule is CCC1NC(C(=O)O)CC12CCN(c1cc(O[C@H](c3ccc(-c4ccc(OC(C)C)cc4)cc3-c3ccccc3)C(F)(F)F)nc(N)n1)CC2. The van der Waals surface area contributed by atoms with Crippen LogP contribution >= 0.6 is 0 Å². The Bertz CT molecular complexity index is 1790. The lowest BCUT2D eigenvalue weighted by Gasteiger charge is -2.43. The van der Waals surface area contributed by atoms with Crippen LogP contribution in [-0.2, 0) is 4.79 Å². The van der Waals surface area contributed by atoms with Crippen LogP contribution in [0.15, 0.2) is 78.9 Å². The third-order valence-electron chi connectivity index (χ3n) is 9.76. The highest BCUT2D eigenvalue weighted by Gasteiger charge is 2.50. The monoisotopic (exact) mass is 689 g/mol. The lowest BCUT2D eigenvalue weighted by molar-refractivity contribution is -0.198. The lowest BCUT2D eigenvalue weighted by Crippen LogP contribution is -2.46. The Morgan fingerprint density at radius 1 is 0.980 bits per heavy atom. The normalized spacial score (nSPS) is 19.5. The maximum Gasteiger partial charge on any atom is 0.429 e. The minimum atomic E-state index is -4.80. The predicted molar refractivity (Wildman–Crippen MR) is 186 cm³/mol. The Morgan fingerprint density at radius 2 is 1.66 bits per heavy atom. The highest BCUT2D eigenvalue weighted by molar-refractivity contribution is 5.76. The zero-order chi connectivity index (χ0) is 35.6. The maximum absolute atomic E-state index is 15.0. The minimum Gasteiger partial charge on any atom is -0.491 e. The molecule has 0 bridgehead atoms. The summed E-state index contributed by atoms with van der Waals surface area (Å²) in [7, 11) is 0. The van der Waals surface area contributed by atoms with Crippen LogP contribution in [0.25, 0.3) is 22.3 Å². The third-order valence-corrected chi connectivity index (χ3v) is 9.76. The summed E-state index contributed by atoms with van der Waals surface area (Å²) in [6, 6.07) is 22.0. The van der Waals surface area contributed by atoms with E-state index in [2.05, 4.69) is 15.3 Å². The number of rotatable bonds is 10. The summed E-state index contributed by atoms with van der Waals surface area (Å²) in [5, 5.41) is 12.9. The molecule has 50 heavy (non-hydrogen) atoms. The summed E-state index contributed by atoms with van der Waals surface area (Å²) >= 11 is 0. The van der Waals surface area contributed by atoms with Crippen molar-refractivity contribution in [2.45, 2.75) is 76.9 Å². The van der Waals surface area contributed by atoms with Gasteiger partial charge in [-0.05, 0) is 85.4 Å². The number of nitrogen functional groups attached to an aromatic ring is 1. The van der Waals surface area contributed by atoms with E-state index < -0.39 is 24.3 Å². The first-order chi connectivity index (χ1) is 23.8. The zero-order valence-electron chi connectivity index (χ0n) is 28.3. The van der Waals surface area contributed by atoms with E-state index in [1.165, 1.54) is 12.1 Å². The van der Waals surface area contributed by atoms with Crippen LogP contribution in [0, 0.1) is 5.41 Å². The van der Waals surface area contributed by atoms with Gasteiger partial charge in [-0.15, -0.1) is 0 Å². The van der Waals surface area contributed by atoms with Crippen LogP contribution in [0.1, 0.15) is 58.1 Å². The summed E-state index contributed by atoms with van der Waals surface area (Å²) in [6.45, 7) is 6.98.